The maximum atomic E-state index is 12.3. The van der Waals surface area contributed by atoms with Crippen LogP contribution in [0.1, 0.15) is 94.9 Å². The van der Waals surface area contributed by atoms with Crippen molar-refractivity contribution in [2.24, 2.45) is 0 Å². The lowest BCUT2D eigenvalue weighted by atomic mass is 9.78. The molecule has 0 aromatic heterocycles. The van der Waals surface area contributed by atoms with Gasteiger partial charge in [0.25, 0.3) is 0 Å². The van der Waals surface area contributed by atoms with Crippen molar-refractivity contribution in [2.75, 3.05) is 28.4 Å². The number of methoxy groups -OCH3 is 3. The van der Waals surface area contributed by atoms with Gasteiger partial charge in [-0.2, -0.15) is 0 Å². The van der Waals surface area contributed by atoms with Crippen LogP contribution in [0.5, 0.6) is 17.2 Å². The zero-order valence-corrected chi connectivity index (χ0v) is 36.6. The molecule has 8 nitrogen and oxygen atoms in total. The van der Waals surface area contributed by atoms with Crippen molar-refractivity contribution in [2.45, 2.75) is 72.1 Å². The molecule has 0 bridgehead atoms. The van der Waals surface area contributed by atoms with Gasteiger partial charge in [0.05, 0.1) is 21.3 Å². The lowest BCUT2D eigenvalue weighted by molar-refractivity contribution is -0.121. The topological polar surface area (TPSA) is 116 Å². The van der Waals surface area contributed by atoms with Gasteiger partial charge in [-0.3, -0.25) is 19.2 Å². The molecule has 65 heavy (non-hydrogen) atoms. The number of ether oxygens (including phenoxy) is 3. The summed E-state index contributed by atoms with van der Waals surface area (Å²) in [5.74, 6) is 3.50. The summed E-state index contributed by atoms with van der Waals surface area (Å²) < 4.78 is 15.7. The summed E-state index contributed by atoms with van der Waals surface area (Å²) in [7, 11) is 6.00. The number of fused-ring (bicyclic) bond motifs is 3. The zero-order valence-electron chi connectivity index (χ0n) is 36.6. The minimum Gasteiger partial charge on any atom is -0.497 e. The Bertz CT molecular complexity index is 2460. The third-order valence-corrected chi connectivity index (χ3v) is 11.1. The first kappa shape index (κ1) is 52.4. The van der Waals surface area contributed by atoms with Crippen molar-refractivity contribution in [3.05, 3.63) is 196 Å². The molecule has 9 rings (SSSR count). The highest BCUT2D eigenvalue weighted by atomic mass is 16.5. The number of aryl methyl sites for hydroxylation is 3. The lowest BCUT2D eigenvalue weighted by Gasteiger charge is -2.25. The first-order valence-corrected chi connectivity index (χ1v) is 21.1. The Morgan fingerprint density at radius 1 is 0.538 bits per heavy atom. The van der Waals surface area contributed by atoms with Gasteiger partial charge in [0.2, 0.25) is 0 Å². The van der Waals surface area contributed by atoms with E-state index in [4.69, 9.17) is 19.3 Å². The molecule has 0 radical (unpaired) electrons. The molecule has 1 atom stereocenters. The van der Waals surface area contributed by atoms with E-state index in [0.29, 0.717) is 37.2 Å². The molecule has 1 N–H and O–H groups in total. The second-order valence-corrected chi connectivity index (χ2v) is 15.1. The Labute approximate surface area is 385 Å². The standard InChI is InChI=1S/C18H18O2.C18H16O2.C11H12O2.C7H6O.CH4O.2CH4/c2*1-20-15-8-9-16-14(12-15)7-10-18(19)17(16)11-13-5-3-2-4-6-13;1-13-11-5-3-8-6-10(12)4-2-9(8)7-11;8-6-7-4-2-1-3-5-7;1-2;;/h2-6,8-9,12,17H,7,10-11H2,1H3;2-6,8-9,11-12H,7,10H2,1H3;3,5,7H,2,4,6H2,1H3;1-6H;2H,1H3;2*1H4. The van der Waals surface area contributed by atoms with Gasteiger partial charge in [0.15, 0.2) is 5.78 Å². The highest BCUT2D eigenvalue weighted by Crippen LogP contribution is 2.35. The van der Waals surface area contributed by atoms with Gasteiger partial charge in [0.1, 0.15) is 35.1 Å². The largest absolute Gasteiger partial charge is 0.497 e. The number of hydrogen-bond acceptors (Lipinski definition) is 8. The Kier molecular flexibility index (Phi) is 22.0. The number of aliphatic hydroxyl groups is 1. The van der Waals surface area contributed by atoms with Crippen molar-refractivity contribution in [1.82, 2.24) is 0 Å². The fourth-order valence-electron chi connectivity index (χ4n) is 7.76. The molecule has 6 aromatic rings. The van der Waals surface area contributed by atoms with Crippen LogP contribution in [-0.2, 0) is 46.5 Å². The predicted octanol–water partition coefficient (Wildman–Crippen LogP) is 11.4. The third-order valence-electron chi connectivity index (χ3n) is 11.1. The fourth-order valence-corrected chi connectivity index (χ4v) is 7.76. The molecular formula is C57H64O8. The first-order chi connectivity index (χ1) is 30.8. The van der Waals surface area contributed by atoms with Crippen LogP contribution in [0.15, 0.2) is 146 Å². The average molecular weight is 877 g/mol. The number of aliphatic hydroxyl groups excluding tert-OH is 1. The average Bonchev–Trinajstić information content (AvgIpc) is 3.35. The highest BCUT2D eigenvalue weighted by molar-refractivity contribution is 6.26. The van der Waals surface area contributed by atoms with E-state index in [1.807, 2.05) is 115 Å². The van der Waals surface area contributed by atoms with E-state index in [9.17, 15) is 19.2 Å². The minimum absolute atomic E-state index is 0. The van der Waals surface area contributed by atoms with Crippen molar-refractivity contribution < 1.29 is 38.5 Å². The van der Waals surface area contributed by atoms with Crippen LogP contribution in [0.2, 0.25) is 0 Å². The summed E-state index contributed by atoms with van der Waals surface area (Å²) in [5, 5.41) is 7.00. The Balaban J connectivity index is 0.000000235. The van der Waals surface area contributed by atoms with Gasteiger partial charge in [-0.05, 0) is 113 Å². The molecule has 340 valence electrons. The number of benzene rings is 6. The SMILES string of the molecule is C.C.CO.COc1ccc2c(c1)CCC(=O)C2.COc1ccc2c(c1)CCC(=O)C2=Cc1ccccc1.COc1ccc2c(c1)CCC(=O)C2Cc1ccccc1.O=Cc1ccccc1. The summed E-state index contributed by atoms with van der Waals surface area (Å²) in [6.07, 6.45) is 8.57. The number of aldehydes is 1. The number of carbonyl (C=O) groups is 4. The first-order valence-electron chi connectivity index (χ1n) is 21.1. The smallest absolute Gasteiger partial charge is 0.163 e. The van der Waals surface area contributed by atoms with Crippen LogP contribution in [0.25, 0.3) is 11.6 Å². The zero-order chi connectivity index (χ0) is 45.0. The van der Waals surface area contributed by atoms with Crippen LogP contribution in [-0.4, -0.2) is 57.2 Å². The predicted molar refractivity (Wildman–Crippen MR) is 263 cm³/mol. The number of carbonyl (C=O) groups excluding carboxylic acids is 4. The molecule has 8 heteroatoms. The van der Waals surface area contributed by atoms with Gasteiger partial charge < -0.3 is 19.3 Å². The van der Waals surface area contributed by atoms with Gasteiger partial charge in [-0.15, -0.1) is 0 Å². The maximum Gasteiger partial charge on any atom is 0.163 e. The number of hydrogen-bond donors (Lipinski definition) is 1. The molecule has 0 fully saturated rings. The molecule has 0 spiro atoms. The molecule has 3 aliphatic rings. The van der Waals surface area contributed by atoms with E-state index in [2.05, 4.69) is 24.3 Å². The molecule has 0 saturated heterocycles. The molecule has 3 aliphatic carbocycles. The van der Waals surface area contributed by atoms with Crippen molar-refractivity contribution >= 4 is 35.3 Å². The number of ketones is 3. The van der Waals surface area contributed by atoms with Crippen LogP contribution >= 0.6 is 0 Å². The highest BCUT2D eigenvalue weighted by Gasteiger charge is 2.28. The number of allylic oxidation sites excluding steroid dienone is 1. The molecule has 0 heterocycles. The van der Waals surface area contributed by atoms with E-state index < -0.39 is 0 Å². The summed E-state index contributed by atoms with van der Waals surface area (Å²) >= 11 is 0. The Morgan fingerprint density at radius 2 is 1.05 bits per heavy atom. The third kappa shape index (κ3) is 15.1. The van der Waals surface area contributed by atoms with Crippen LogP contribution in [0.3, 0.4) is 0 Å². The van der Waals surface area contributed by atoms with E-state index in [1.54, 1.807) is 33.5 Å². The second-order valence-electron chi connectivity index (χ2n) is 15.1. The summed E-state index contributed by atoms with van der Waals surface area (Å²) in [4.78, 5) is 45.7. The summed E-state index contributed by atoms with van der Waals surface area (Å²) in [6.45, 7) is 0. The summed E-state index contributed by atoms with van der Waals surface area (Å²) in [6, 6.07) is 47.2. The fraction of sp³-hybridized carbons (Fsp3) is 0.263. The summed E-state index contributed by atoms with van der Waals surface area (Å²) in [5.41, 5.74) is 10.9. The van der Waals surface area contributed by atoms with Crippen LogP contribution < -0.4 is 14.2 Å². The van der Waals surface area contributed by atoms with Gasteiger partial charge in [-0.1, -0.05) is 124 Å². The van der Waals surface area contributed by atoms with Gasteiger partial charge in [-0.25, -0.2) is 0 Å². The van der Waals surface area contributed by atoms with Crippen LogP contribution in [0, 0.1) is 0 Å². The molecule has 6 aromatic carbocycles. The van der Waals surface area contributed by atoms with Crippen molar-refractivity contribution in [1.29, 1.82) is 0 Å². The molecule has 0 aliphatic heterocycles. The van der Waals surface area contributed by atoms with E-state index in [-0.39, 0.29) is 26.6 Å². The maximum absolute atomic E-state index is 12.3. The molecule has 0 saturated carbocycles. The van der Waals surface area contributed by atoms with E-state index in [1.165, 1.54) is 27.8 Å². The minimum atomic E-state index is -0.00736. The Hall–Kier alpha value is -6.90. The van der Waals surface area contributed by atoms with Gasteiger partial charge in [0, 0.05) is 49.8 Å². The lowest BCUT2D eigenvalue weighted by Crippen LogP contribution is -2.22. The van der Waals surface area contributed by atoms with Gasteiger partial charge >= 0.3 is 0 Å². The van der Waals surface area contributed by atoms with E-state index in [0.717, 1.165) is 84.2 Å². The number of Topliss-reactive ketones (excluding diaryl/α,β-unsaturated/α-hetero) is 3. The Morgan fingerprint density at radius 3 is 1.63 bits per heavy atom. The van der Waals surface area contributed by atoms with Crippen molar-refractivity contribution in [3.63, 3.8) is 0 Å². The number of rotatable bonds is 7. The van der Waals surface area contributed by atoms with Crippen LogP contribution in [0.4, 0.5) is 0 Å². The quantitative estimate of drug-likeness (QED) is 0.124. The normalized spacial score (nSPS) is 14.6. The molecular weight excluding hydrogens is 813 g/mol. The van der Waals surface area contributed by atoms with Crippen molar-refractivity contribution in [3.8, 4) is 17.2 Å². The second kappa shape index (κ2) is 27.3. The molecule has 0 amide bonds. The molecule has 1 unspecified atom stereocenters. The monoisotopic (exact) mass is 876 g/mol. The van der Waals surface area contributed by atoms with E-state index >= 15 is 0 Å².